The Morgan fingerprint density at radius 3 is 1.96 bits per heavy atom. The lowest BCUT2D eigenvalue weighted by atomic mass is 9.97. The second-order valence-corrected chi connectivity index (χ2v) is 18.0. The molecule has 0 bridgehead atoms. The lowest BCUT2D eigenvalue weighted by Crippen LogP contribution is -2.17. The molecule has 340 valence electrons. The number of aliphatic imine (C=N–C) groups is 2. The molecule has 0 aliphatic rings. The van der Waals surface area contributed by atoms with E-state index < -0.39 is 0 Å². The van der Waals surface area contributed by atoms with Crippen molar-refractivity contribution in [1.82, 2.24) is 9.13 Å². The number of aryl methyl sites for hydroxylation is 1. The van der Waals surface area contributed by atoms with Gasteiger partial charge in [0, 0.05) is 60.2 Å². The highest BCUT2D eigenvalue weighted by Crippen LogP contribution is 2.43. The Labute approximate surface area is 409 Å². The zero-order valence-corrected chi connectivity index (χ0v) is 39.3. The molecule has 0 saturated heterocycles. The summed E-state index contributed by atoms with van der Waals surface area (Å²) in [7, 11) is 0. The zero-order valence-electron chi connectivity index (χ0n) is 39.3. The molecule has 13 rings (SSSR count). The molecule has 4 heterocycles. The van der Waals surface area contributed by atoms with Gasteiger partial charge in [-0.25, -0.2) is 4.99 Å². The third-order valence-corrected chi connectivity index (χ3v) is 14.0. The van der Waals surface area contributed by atoms with Gasteiger partial charge in [0.2, 0.25) is 0 Å². The Bertz CT molecular complexity index is 4280. The van der Waals surface area contributed by atoms with Gasteiger partial charge in [-0.3, -0.25) is 4.99 Å². The minimum Gasteiger partial charge on any atom is -0.456 e. The van der Waals surface area contributed by atoms with Crippen LogP contribution in [0.25, 0.3) is 105 Å². The van der Waals surface area contributed by atoms with Gasteiger partial charge in [0.15, 0.2) is 11.4 Å². The van der Waals surface area contributed by atoms with Crippen LogP contribution in [-0.4, -0.2) is 20.8 Å². The lowest BCUT2D eigenvalue weighted by Gasteiger charge is -2.12. The Morgan fingerprint density at radius 2 is 1.20 bits per heavy atom. The minimum atomic E-state index is 0.354. The van der Waals surface area contributed by atoms with E-state index in [0.717, 1.165) is 106 Å². The average molecular weight is 918 g/mol. The molecule has 0 unspecified atom stereocenters. The zero-order chi connectivity index (χ0) is 47.6. The van der Waals surface area contributed by atoms with Crippen molar-refractivity contribution >= 4 is 94.3 Å². The van der Waals surface area contributed by atoms with Gasteiger partial charge in [-0.2, -0.15) is 0 Å². The number of benzene rings is 9. The van der Waals surface area contributed by atoms with Crippen molar-refractivity contribution in [1.29, 1.82) is 0 Å². The number of rotatable bonds is 9. The number of allylic oxidation sites excluding steroid dienone is 1. The van der Waals surface area contributed by atoms with Crippen LogP contribution in [0.2, 0.25) is 0 Å². The quantitative estimate of drug-likeness (QED) is 0.116. The third kappa shape index (κ3) is 6.88. The summed E-state index contributed by atoms with van der Waals surface area (Å²) in [6.07, 6.45) is 5.21. The lowest BCUT2D eigenvalue weighted by molar-refractivity contribution is 0.666. The highest BCUT2D eigenvalue weighted by Gasteiger charge is 2.21. The monoisotopic (exact) mass is 917 g/mol. The molecule has 4 aromatic heterocycles. The van der Waals surface area contributed by atoms with Crippen molar-refractivity contribution in [2.75, 3.05) is 0 Å². The first-order chi connectivity index (χ1) is 35.1. The van der Waals surface area contributed by atoms with Crippen LogP contribution in [0.15, 0.2) is 225 Å². The standard InChI is InChI=1S/C64H47N5O2/c1-3-18-52-45(4-2)47-24-8-11-29-53(47)68(52)44-23-14-21-42(37-44)63(65)67-64(40-19-6-5-7-20-40)66-39-43-22-15-33-58-60(43)51-38-41(35-36-57(51)70-58)46-27-17-34-59-61(46)50-28-16-32-56(62(50)71-59)69-54-30-12-9-25-48(54)49-26-10-13-31-55(49)69/h3,5-38H,4,39H2,1-2H3,(H2,65,66,67)/b18-3-. The molecular formula is C64H47N5O2. The average Bonchev–Trinajstić information content (AvgIpc) is 4.18. The maximum atomic E-state index is 6.98. The molecular weight excluding hydrogens is 871 g/mol. The molecule has 0 spiro atoms. The van der Waals surface area contributed by atoms with Crippen molar-refractivity contribution < 1.29 is 8.83 Å². The maximum Gasteiger partial charge on any atom is 0.159 e. The largest absolute Gasteiger partial charge is 0.456 e. The van der Waals surface area contributed by atoms with E-state index in [0.29, 0.717) is 18.2 Å². The van der Waals surface area contributed by atoms with Crippen LogP contribution in [0.4, 0.5) is 0 Å². The first-order valence-electron chi connectivity index (χ1n) is 24.2. The predicted octanol–water partition coefficient (Wildman–Crippen LogP) is 16.1. The molecule has 0 atom stereocenters. The van der Waals surface area contributed by atoms with E-state index in [4.69, 9.17) is 24.6 Å². The second kappa shape index (κ2) is 17.1. The van der Waals surface area contributed by atoms with E-state index in [2.05, 4.69) is 181 Å². The topological polar surface area (TPSA) is 86.9 Å². The first kappa shape index (κ1) is 41.9. The summed E-state index contributed by atoms with van der Waals surface area (Å²) >= 11 is 0. The Hall–Kier alpha value is -9.20. The molecule has 0 aliphatic carbocycles. The summed E-state index contributed by atoms with van der Waals surface area (Å²) in [6.45, 7) is 4.63. The van der Waals surface area contributed by atoms with Crippen molar-refractivity contribution in [3.8, 4) is 22.5 Å². The van der Waals surface area contributed by atoms with Crippen LogP contribution in [0, 0.1) is 0 Å². The summed E-state index contributed by atoms with van der Waals surface area (Å²) in [5, 5.41) is 7.84. The number of nitrogens with zero attached hydrogens (tertiary/aromatic N) is 4. The molecule has 2 N–H and O–H groups in total. The van der Waals surface area contributed by atoms with Gasteiger partial charge in [-0.1, -0.05) is 153 Å². The fraction of sp³-hybridized carbons (Fsp3) is 0.0625. The van der Waals surface area contributed by atoms with Gasteiger partial charge in [-0.05, 0) is 102 Å². The molecule has 7 heteroatoms. The number of fused-ring (bicyclic) bond motifs is 10. The molecule has 9 aromatic carbocycles. The van der Waals surface area contributed by atoms with Gasteiger partial charge in [-0.15, -0.1) is 0 Å². The van der Waals surface area contributed by atoms with Crippen LogP contribution in [0.5, 0.6) is 0 Å². The van der Waals surface area contributed by atoms with Gasteiger partial charge in [0.1, 0.15) is 22.6 Å². The number of amidine groups is 2. The van der Waals surface area contributed by atoms with Crippen molar-refractivity contribution in [3.05, 3.63) is 234 Å². The van der Waals surface area contributed by atoms with Crippen molar-refractivity contribution in [2.45, 2.75) is 26.8 Å². The van der Waals surface area contributed by atoms with Crippen LogP contribution >= 0.6 is 0 Å². The fourth-order valence-electron chi connectivity index (χ4n) is 10.9. The van der Waals surface area contributed by atoms with E-state index >= 15 is 0 Å². The summed E-state index contributed by atoms with van der Waals surface area (Å²) in [4.78, 5) is 10.3. The van der Waals surface area contributed by atoms with Crippen LogP contribution in [0.3, 0.4) is 0 Å². The molecule has 13 aromatic rings. The normalized spacial score (nSPS) is 12.6. The second-order valence-electron chi connectivity index (χ2n) is 18.0. The van der Waals surface area contributed by atoms with Gasteiger partial charge in [0.25, 0.3) is 0 Å². The van der Waals surface area contributed by atoms with E-state index in [1.54, 1.807) is 0 Å². The highest BCUT2D eigenvalue weighted by atomic mass is 16.3. The van der Waals surface area contributed by atoms with Gasteiger partial charge < -0.3 is 23.7 Å². The number of aromatic nitrogens is 2. The van der Waals surface area contributed by atoms with Gasteiger partial charge in [0.05, 0.1) is 28.8 Å². The number of furan rings is 2. The molecule has 0 radical (unpaired) electrons. The van der Waals surface area contributed by atoms with Crippen LogP contribution in [-0.2, 0) is 13.0 Å². The van der Waals surface area contributed by atoms with Gasteiger partial charge >= 0.3 is 0 Å². The minimum absolute atomic E-state index is 0.354. The molecule has 71 heavy (non-hydrogen) atoms. The molecule has 0 saturated carbocycles. The summed E-state index contributed by atoms with van der Waals surface area (Å²) in [6, 6.07) is 69.6. The van der Waals surface area contributed by atoms with E-state index in [-0.39, 0.29) is 0 Å². The molecule has 7 nitrogen and oxygen atoms in total. The molecule has 0 aliphatic heterocycles. The van der Waals surface area contributed by atoms with Crippen LogP contribution < -0.4 is 5.73 Å². The summed E-state index contributed by atoms with van der Waals surface area (Å²) < 4.78 is 18.1. The fourth-order valence-corrected chi connectivity index (χ4v) is 10.9. The Balaban J connectivity index is 0.898. The highest BCUT2D eigenvalue weighted by molar-refractivity contribution is 6.17. The Morgan fingerprint density at radius 1 is 0.549 bits per heavy atom. The summed E-state index contributed by atoms with van der Waals surface area (Å²) in [5.74, 6) is 0.932. The number of hydrogen-bond donors (Lipinski definition) is 1. The number of nitrogens with two attached hydrogens (primary N) is 1. The first-order valence-corrected chi connectivity index (χ1v) is 24.2. The summed E-state index contributed by atoms with van der Waals surface area (Å²) in [5.41, 5.74) is 23.1. The van der Waals surface area contributed by atoms with Crippen LogP contribution in [0.1, 0.15) is 41.8 Å². The third-order valence-electron chi connectivity index (χ3n) is 14.0. The SMILES string of the molecule is C/C=C\c1c(CC)c2ccccc2n1-c1cccc(C(N)=NC(=NCc2cccc3oc4ccc(-c5cccc6oc7c(-n8c9ccccc9c9ccccc98)cccc7c56)cc4c23)c2ccccc2)c1. The van der Waals surface area contributed by atoms with E-state index in [1.807, 2.05) is 54.6 Å². The molecule has 0 amide bonds. The predicted molar refractivity (Wildman–Crippen MR) is 296 cm³/mol. The Kier molecular flexibility index (Phi) is 10.1. The smallest absolute Gasteiger partial charge is 0.159 e. The van der Waals surface area contributed by atoms with Crippen molar-refractivity contribution in [3.63, 3.8) is 0 Å². The van der Waals surface area contributed by atoms with E-state index in [1.165, 1.54) is 27.4 Å². The molecule has 0 fully saturated rings. The van der Waals surface area contributed by atoms with E-state index in [9.17, 15) is 0 Å². The number of hydrogen-bond acceptors (Lipinski definition) is 3. The maximum absolute atomic E-state index is 6.98. The van der Waals surface area contributed by atoms with Crippen molar-refractivity contribution in [2.24, 2.45) is 15.7 Å². The number of para-hydroxylation sites is 4.